The summed E-state index contributed by atoms with van der Waals surface area (Å²) in [6, 6.07) is 2.02. The molecule has 1 fully saturated rings. The Labute approximate surface area is 107 Å². The second-order valence-electron chi connectivity index (χ2n) is 4.66. The number of piperazine rings is 1. The minimum atomic E-state index is 0.141. The maximum atomic E-state index is 11.3. The highest BCUT2D eigenvalue weighted by molar-refractivity contribution is 5.73. The molecule has 0 atom stereocenters. The third kappa shape index (κ3) is 2.69. The molecule has 18 heavy (non-hydrogen) atoms. The first kappa shape index (κ1) is 12.6. The van der Waals surface area contributed by atoms with Gasteiger partial charge in [-0.25, -0.2) is 0 Å². The summed E-state index contributed by atoms with van der Waals surface area (Å²) in [4.78, 5) is 17.3. The SMILES string of the molecule is CC(=O)N1CCN(c2cc(N(C)C)cnn2)CC1. The van der Waals surface area contributed by atoms with Crippen LogP contribution in [0, 0.1) is 0 Å². The predicted molar refractivity (Wildman–Crippen MR) is 70.8 cm³/mol. The summed E-state index contributed by atoms with van der Waals surface area (Å²) in [5.74, 6) is 1.02. The highest BCUT2D eigenvalue weighted by Gasteiger charge is 2.20. The first-order valence-electron chi connectivity index (χ1n) is 6.08. The lowest BCUT2D eigenvalue weighted by atomic mass is 10.3. The van der Waals surface area contributed by atoms with Crippen LogP contribution in [0.5, 0.6) is 0 Å². The molecule has 1 aromatic heterocycles. The van der Waals surface area contributed by atoms with E-state index < -0.39 is 0 Å². The summed E-state index contributed by atoms with van der Waals surface area (Å²) in [6.45, 7) is 4.74. The fraction of sp³-hybridized carbons (Fsp3) is 0.583. The van der Waals surface area contributed by atoms with Gasteiger partial charge >= 0.3 is 0 Å². The number of amides is 1. The number of hydrogen-bond donors (Lipinski definition) is 0. The van der Waals surface area contributed by atoms with Crippen LogP contribution in [0.2, 0.25) is 0 Å². The van der Waals surface area contributed by atoms with Gasteiger partial charge in [0, 0.05) is 53.3 Å². The van der Waals surface area contributed by atoms with E-state index in [0.29, 0.717) is 0 Å². The molecule has 0 aliphatic carbocycles. The molecule has 2 rings (SSSR count). The highest BCUT2D eigenvalue weighted by Crippen LogP contribution is 2.18. The van der Waals surface area contributed by atoms with Gasteiger partial charge in [-0.15, -0.1) is 5.10 Å². The quantitative estimate of drug-likeness (QED) is 0.750. The Bertz CT molecular complexity index is 426. The Morgan fingerprint density at radius 2 is 1.94 bits per heavy atom. The first-order valence-corrected chi connectivity index (χ1v) is 6.08. The maximum Gasteiger partial charge on any atom is 0.219 e. The zero-order valence-corrected chi connectivity index (χ0v) is 11.1. The van der Waals surface area contributed by atoms with Gasteiger partial charge < -0.3 is 14.7 Å². The van der Waals surface area contributed by atoms with Crippen LogP contribution in [-0.2, 0) is 4.79 Å². The lowest BCUT2D eigenvalue weighted by molar-refractivity contribution is -0.129. The van der Waals surface area contributed by atoms with E-state index >= 15 is 0 Å². The summed E-state index contributed by atoms with van der Waals surface area (Å²) >= 11 is 0. The maximum absolute atomic E-state index is 11.3. The third-order valence-corrected chi connectivity index (χ3v) is 3.19. The zero-order valence-electron chi connectivity index (χ0n) is 11.1. The molecule has 0 unspecified atom stereocenters. The molecule has 0 radical (unpaired) electrons. The standard InChI is InChI=1S/C12H19N5O/c1-10(18)16-4-6-17(7-5-16)12-8-11(15(2)3)9-13-14-12/h8-9H,4-7H2,1-3H3. The smallest absolute Gasteiger partial charge is 0.219 e. The molecular formula is C12H19N5O. The summed E-state index contributed by atoms with van der Waals surface area (Å²) in [5.41, 5.74) is 1.04. The second kappa shape index (κ2) is 5.20. The van der Waals surface area contributed by atoms with Crippen LogP contribution in [0.4, 0.5) is 11.5 Å². The average Bonchev–Trinajstić information content (AvgIpc) is 2.39. The Morgan fingerprint density at radius 3 is 2.50 bits per heavy atom. The number of carbonyl (C=O) groups is 1. The van der Waals surface area contributed by atoms with Gasteiger partial charge in [-0.3, -0.25) is 4.79 Å². The number of anilines is 2. The molecule has 0 aromatic carbocycles. The van der Waals surface area contributed by atoms with E-state index in [4.69, 9.17) is 0 Å². The Kier molecular flexibility index (Phi) is 3.64. The van der Waals surface area contributed by atoms with Crippen molar-refractivity contribution < 1.29 is 4.79 Å². The van der Waals surface area contributed by atoms with Crippen LogP contribution in [0.15, 0.2) is 12.3 Å². The molecule has 1 aromatic rings. The van der Waals surface area contributed by atoms with E-state index in [9.17, 15) is 4.79 Å². The van der Waals surface area contributed by atoms with Gasteiger partial charge in [-0.2, -0.15) is 5.10 Å². The minimum absolute atomic E-state index is 0.141. The molecule has 0 saturated carbocycles. The van der Waals surface area contributed by atoms with Gasteiger partial charge in [0.15, 0.2) is 5.82 Å². The van der Waals surface area contributed by atoms with Crippen LogP contribution >= 0.6 is 0 Å². The molecular weight excluding hydrogens is 230 g/mol. The summed E-state index contributed by atoms with van der Waals surface area (Å²) < 4.78 is 0. The van der Waals surface area contributed by atoms with Crippen LogP contribution in [0.1, 0.15) is 6.92 Å². The van der Waals surface area contributed by atoms with Crippen molar-refractivity contribution in [3.8, 4) is 0 Å². The van der Waals surface area contributed by atoms with Gasteiger partial charge in [0.25, 0.3) is 0 Å². The Balaban J connectivity index is 2.05. The van der Waals surface area contributed by atoms with Crippen LogP contribution < -0.4 is 9.80 Å². The van der Waals surface area contributed by atoms with Gasteiger partial charge in [-0.1, -0.05) is 0 Å². The normalized spacial score (nSPS) is 15.7. The lowest BCUT2D eigenvalue weighted by Gasteiger charge is -2.34. The summed E-state index contributed by atoms with van der Waals surface area (Å²) in [7, 11) is 3.96. The molecule has 98 valence electrons. The third-order valence-electron chi connectivity index (χ3n) is 3.19. The van der Waals surface area contributed by atoms with Crippen LogP contribution in [0.3, 0.4) is 0 Å². The summed E-state index contributed by atoms with van der Waals surface area (Å²) in [6.07, 6.45) is 1.75. The van der Waals surface area contributed by atoms with Crippen molar-refractivity contribution in [3.63, 3.8) is 0 Å². The van der Waals surface area contributed by atoms with Gasteiger partial charge in [0.2, 0.25) is 5.91 Å². The Morgan fingerprint density at radius 1 is 1.28 bits per heavy atom. The topological polar surface area (TPSA) is 52.6 Å². The number of nitrogens with zero attached hydrogens (tertiary/aromatic N) is 5. The molecule has 1 saturated heterocycles. The molecule has 6 heteroatoms. The van der Waals surface area contributed by atoms with E-state index in [2.05, 4.69) is 15.1 Å². The van der Waals surface area contributed by atoms with E-state index in [1.54, 1.807) is 13.1 Å². The van der Waals surface area contributed by atoms with Gasteiger partial charge in [0.05, 0.1) is 11.9 Å². The molecule has 0 bridgehead atoms. The van der Waals surface area contributed by atoms with Crippen molar-refractivity contribution in [1.82, 2.24) is 15.1 Å². The largest absolute Gasteiger partial charge is 0.376 e. The molecule has 1 amide bonds. The molecule has 0 N–H and O–H groups in total. The fourth-order valence-electron chi connectivity index (χ4n) is 2.00. The van der Waals surface area contributed by atoms with Crippen molar-refractivity contribution in [3.05, 3.63) is 12.3 Å². The molecule has 2 heterocycles. The predicted octanol–water partition coefficient (Wildman–Crippen LogP) is 0.211. The van der Waals surface area contributed by atoms with Crippen molar-refractivity contribution in [1.29, 1.82) is 0 Å². The van der Waals surface area contributed by atoms with E-state index in [1.165, 1.54) is 0 Å². The number of rotatable bonds is 2. The van der Waals surface area contributed by atoms with Crippen LogP contribution in [0.25, 0.3) is 0 Å². The van der Waals surface area contributed by atoms with Gasteiger partial charge in [-0.05, 0) is 0 Å². The minimum Gasteiger partial charge on any atom is -0.376 e. The Hall–Kier alpha value is -1.85. The van der Waals surface area contributed by atoms with Crippen molar-refractivity contribution in [2.45, 2.75) is 6.92 Å². The zero-order chi connectivity index (χ0) is 13.1. The first-order chi connectivity index (χ1) is 8.58. The van der Waals surface area contributed by atoms with Gasteiger partial charge in [0.1, 0.15) is 0 Å². The van der Waals surface area contributed by atoms with Crippen LogP contribution in [-0.4, -0.2) is 61.3 Å². The molecule has 0 spiro atoms. The highest BCUT2D eigenvalue weighted by atomic mass is 16.2. The number of aromatic nitrogens is 2. The van der Waals surface area contributed by atoms with E-state index in [1.807, 2.05) is 30.0 Å². The average molecular weight is 249 g/mol. The molecule has 6 nitrogen and oxygen atoms in total. The number of hydrogen-bond acceptors (Lipinski definition) is 5. The van der Waals surface area contributed by atoms with Crippen molar-refractivity contribution in [2.24, 2.45) is 0 Å². The van der Waals surface area contributed by atoms with Crippen molar-refractivity contribution in [2.75, 3.05) is 50.1 Å². The van der Waals surface area contributed by atoms with E-state index in [0.717, 1.165) is 37.7 Å². The molecule has 1 aliphatic rings. The fourth-order valence-corrected chi connectivity index (χ4v) is 2.00. The lowest BCUT2D eigenvalue weighted by Crippen LogP contribution is -2.48. The monoisotopic (exact) mass is 249 g/mol. The van der Waals surface area contributed by atoms with E-state index in [-0.39, 0.29) is 5.91 Å². The van der Waals surface area contributed by atoms with Crippen molar-refractivity contribution >= 4 is 17.4 Å². The number of carbonyl (C=O) groups excluding carboxylic acids is 1. The summed E-state index contributed by atoms with van der Waals surface area (Å²) in [5, 5.41) is 8.18. The molecule has 1 aliphatic heterocycles. The second-order valence-corrected chi connectivity index (χ2v) is 4.66.